The highest BCUT2D eigenvalue weighted by atomic mass is 19.4. The van der Waals surface area contributed by atoms with Crippen LogP contribution in [0.2, 0.25) is 0 Å². The van der Waals surface area contributed by atoms with Crippen molar-refractivity contribution in [3.8, 4) is 11.1 Å². The van der Waals surface area contributed by atoms with E-state index in [2.05, 4.69) is 5.32 Å². The molecule has 8 heteroatoms. The van der Waals surface area contributed by atoms with Crippen LogP contribution in [0.5, 0.6) is 0 Å². The normalized spacial score (nSPS) is 20.4. The van der Waals surface area contributed by atoms with Crippen LogP contribution in [-0.4, -0.2) is 24.5 Å². The van der Waals surface area contributed by atoms with Crippen molar-refractivity contribution in [1.29, 1.82) is 0 Å². The predicted octanol–water partition coefficient (Wildman–Crippen LogP) is 7.49. The molecule has 3 rings (SSSR count). The lowest BCUT2D eigenvalue weighted by molar-refractivity contribution is -0.160. The second-order valence-corrected chi connectivity index (χ2v) is 9.53. The minimum Gasteiger partial charge on any atom is -0.306 e. The SMILES string of the molecule is CC(=O)[C@H](CC(C)C)c1cc(-c2ccc(C(F)(F)F)cc2)cc([C@@H]2CC[C@H](C(F)(F)F)NC2)c1. The largest absolute Gasteiger partial charge is 0.416 e. The lowest BCUT2D eigenvalue weighted by atomic mass is 9.81. The Morgan fingerprint density at radius 2 is 1.62 bits per heavy atom. The summed E-state index contributed by atoms with van der Waals surface area (Å²) in [6, 6.07) is 8.75. The first kappa shape index (κ1) is 26.3. The van der Waals surface area contributed by atoms with Crippen molar-refractivity contribution in [1.82, 2.24) is 5.32 Å². The number of carbonyl (C=O) groups excluding carboxylic acids is 1. The molecule has 2 nitrogen and oxygen atoms in total. The Balaban J connectivity index is 2.01. The summed E-state index contributed by atoms with van der Waals surface area (Å²) in [5.74, 6) is -0.384. The molecule has 1 heterocycles. The van der Waals surface area contributed by atoms with Gasteiger partial charge in [-0.05, 0) is 72.4 Å². The standard InChI is InChI=1S/C26H29F6NO/c1-15(2)10-23(16(3)34)21-12-19(17-4-7-22(8-5-17)25(27,28)29)11-20(13-21)18-6-9-24(33-14-18)26(30,31)32/h4-5,7-8,11-13,15,18,23-24,33H,6,9-10,14H2,1-3H3/t18-,23+,24-/m1/s1. The smallest absolute Gasteiger partial charge is 0.306 e. The summed E-state index contributed by atoms with van der Waals surface area (Å²) in [5.41, 5.74) is 1.97. The number of halogens is 6. The molecule has 0 bridgehead atoms. The highest BCUT2D eigenvalue weighted by Gasteiger charge is 2.41. The van der Waals surface area contributed by atoms with E-state index in [-0.39, 0.29) is 30.6 Å². The molecule has 1 aliphatic rings. The number of rotatable bonds is 6. The van der Waals surface area contributed by atoms with E-state index in [0.29, 0.717) is 24.0 Å². The summed E-state index contributed by atoms with van der Waals surface area (Å²) in [5, 5.41) is 2.58. The summed E-state index contributed by atoms with van der Waals surface area (Å²) < 4.78 is 78.2. The first-order valence-electron chi connectivity index (χ1n) is 11.4. The zero-order chi connectivity index (χ0) is 25.3. The van der Waals surface area contributed by atoms with Gasteiger partial charge in [-0.25, -0.2) is 0 Å². The summed E-state index contributed by atoms with van der Waals surface area (Å²) >= 11 is 0. The zero-order valence-electron chi connectivity index (χ0n) is 19.4. The zero-order valence-corrected chi connectivity index (χ0v) is 19.4. The Hall–Kier alpha value is -2.35. The van der Waals surface area contributed by atoms with Crippen molar-refractivity contribution >= 4 is 5.78 Å². The highest BCUT2D eigenvalue weighted by molar-refractivity contribution is 5.84. The van der Waals surface area contributed by atoms with Gasteiger partial charge >= 0.3 is 12.4 Å². The van der Waals surface area contributed by atoms with Crippen molar-refractivity contribution in [2.24, 2.45) is 5.92 Å². The molecule has 1 saturated heterocycles. The molecule has 0 saturated carbocycles. The van der Waals surface area contributed by atoms with Crippen LogP contribution in [0.4, 0.5) is 26.3 Å². The number of hydrogen-bond donors (Lipinski definition) is 1. The van der Waals surface area contributed by atoms with Gasteiger partial charge in [0.1, 0.15) is 11.8 Å². The van der Waals surface area contributed by atoms with Gasteiger partial charge in [0.05, 0.1) is 5.56 Å². The number of benzene rings is 2. The molecule has 0 unspecified atom stereocenters. The molecule has 34 heavy (non-hydrogen) atoms. The Morgan fingerprint density at radius 3 is 2.09 bits per heavy atom. The first-order valence-corrected chi connectivity index (χ1v) is 11.4. The Bertz CT molecular complexity index is 986. The molecule has 0 radical (unpaired) electrons. The molecule has 0 aliphatic carbocycles. The summed E-state index contributed by atoms with van der Waals surface area (Å²) in [6.07, 6.45) is -7.90. The number of alkyl halides is 6. The predicted molar refractivity (Wildman–Crippen MR) is 120 cm³/mol. The molecule has 2 aromatic carbocycles. The van der Waals surface area contributed by atoms with E-state index < -0.39 is 29.9 Å². The van der Waals surface area contributed by atoms with Gasteiger partial charge in [-0.15, -0.1) is 0 Å². The van der Waals surface area contributed by atoms with Gasteiger partial charge in [0.2, 0.25) is 0 Å². The number of piperidine rings is 1. The molecular weight excluding hydrogens is 456 g/mol. The number of nitrogens with one attached hydrogen (secondary N) is 1. The Morgan fingerprint density at radius 1 is 0.971 bits per heavy atom. The van der Waals surface area contributed by atoms with Crippen molar-refractivity contribution in [3.05, 3.63) is 59.2 Å². The van der Waals surface area contributed by atoms with Crippen LogP contribution in [0.3, 0.4) is 0 Å². The van der Waals surface area contributed by atoms with Crippen LogP contribution in [-0.2, 0) is 11.0 Å². The Labute approximate surface area is 195 Å². The second kappa shape index (κ2) is 10.1. The van der Waals surface area contributed by atoms with Gasteiger partial charge in [-0.2, -0.15) is 26.3 Å². The van der Waals surface area contributed by atoms with E-state index in [1.54, 1.807) is 0 Å². The quantitative estimate of drug-likeness (QED) is 0.430. The van der Waals surface area contributed by atoms with Gasteiger partial charge in [-0.3, -0.25) is 4.79 Å². The molecule has 1 fully saturated rings. The number of hydrogen-bond acceptors (Lipinski definition) is 2. The van der Waals surface area contributed by atoms with Gasteiger partial charge < -0.3 is 5.32 Å². The average Bonchev–Trinajstić information content (AvgIpc) is 2.76. The topological polar surface area (TPSA) is 29.1 Å². The fourth-order valence-electron chi connectivity index (χ4n) is 4.56. The van der Waals surface area contributed by atoms with Gasteiger partial charge in [-0.1, -0.05) is 44.2 Å². The van der Waals surface area contributed by atoms with E-state index in [9.17, 15) is 31.1 Å². The molecule has 1 N–H and O–H groups in total. The number of ketones is 1. The molecule has 0 aromatic heterocycles. The molecule has 0 amide bonds. The first-order chi connectivity index (χ1) is 15.8. The van der Waals surface area contributed by atoms with Crippen LogP contribution >= 0.6 is 0 Å². The van der Waals surface area contributed by atoms with Crippen LogP contribution in [0.1, 0.15) is 68.6 Å². The summed E-state index contributed by atoms with van der Waals surface area (Å²) in [7, 11) is 0. The second-order valence-electron chi connectivity index (χ2n) is 9.53. The minimum absolute atomic E-state index is 0.0249. The maximum Gasteiger partial charge on any atom is 0.416 e. The molecule has 3 atom stereocenters. The lowest BCUT2D eigenvalue weighted by Crippen LogP contribution is -2.47. The third kappa shape index (κ3) is 6.40. The maximum atomic E-state index is 13.1. The Kier molecular flexibility index (Phi) is 7.80. The van der Waals surface area contributed by atoms with E-state index in [1.165, 1.54) is 19.1 Å². The van der Waals surface area contributed by atoms with Gasteiger partial charge in [0.25, 0.3) is 0 Å². The number of carbonyl (C=O) groups is 1. The summed E-state index contributed by atoms with van der Waals surface area (Å²) in [6.45, 7) is 5.64. The van der Waals surface area contributed by atoms with E-state index in [4.69, 9.17) is 0 Å². The van der Waals surface area contributed by atoms with Gasteiger partial charge in [0, 0.05) is 12.5 Å². The molecule has 0 spiro atoms. The third-order valence-electron chi connectivity index (χ3n) is 6.40. The molecule has 1 aliphatic heterocycles. The lowest BCUT2D eigenvalue weighted by Gasteiger charge is -2.32. The van der Waals surface area contributed by atoms with Crippen molar-refractivity contribution in [2.75, 3.05) is 6.54 Å². The number of Topliss-reactive ketones (excluding diaryl/α,β-unsaturated/α-hetero) is 1. The summed E-state index contributed by atoms with van der Waals surface area (Å²) in [4.78, 5) is 12.5. The maximum absolute atomic E-state index is 13.1. The van der Waals surface area contributed by atoms with Crippen LogP contribution < -0.4 is 5.32 Å². The van der Waals surface area contributed by atoms with Crippen molar-refractivity contribution < 1.29 is 31.1 Å². The van der Waals surface area contributed by atoms with Crippen LogP contribution in [0.25, 0.3) is 11.1 Å². The third-order valence-corrected chi connectivity index (χ3v) is 6.40. The van der Waals surface area contributed by atoms with E-state index >= 15 is 0 Å². The molecule has 2 aromatic rings. The molecule has 186 valence electrons. The van der Waals surface area contributed by atoms with Crippen molar-refractivity contribution in [2.45, 2.75) is 70.3 Å². The van der Waals surface area contributed by atoms with Crippen LogP contribution in [0, 0.1) is 5.92 Å². The van der Waals surface area contributed by atoms with E-state index in [0.717, 1.165) is 23.3 Å². The van der Waals surface area contributed by atoms with E-state index in [1.807, 2.05) is 32.0 Å². The minimum atomic E-state index is -4.45. The fraction of sp³-hybridized carbons (Fsp3) is 0.500. The van der Waals surface area contributed by atoms with Crippen molar-refractivity contribution in [3.63, 3.8) is 0 Å². The average molecular weight is 486 g/mol. The van der Waals surface area contributed by atoms with Crippen LogP contribution in [0.15, 0.2) is 42.5 Å². The molecular formula is C26H29F6NO. The van der Waals surface area contributed by atoms with Gasteiger partial charge in [0.15, 0.2) is 0 Å². The highest BCUT2D eigenvalue weighted by Crippen LogP contribution is 2.37. The monoisotopic (exact) mass is 485 g/mol. The fourth-order valence-corrected chi connectivity index (χ4v) is 4.56.